The maximum Gasteiger partial charge on any atom is 0.0834 e. The van der Waals surface area contributed by atoms with Gasteiger partial charge in [-0.25, -0.2) is 0 Å². The quantitative estimate of drug-likeness (QED) is 0.801. The van der Waals surface area contributed by atoms with E-state index in [-0.39, 0.29) is 0 Å². The van der Waals surface area contributed by atoms with Gasteiger partial charge in [0.05, 0.1) is 29.5 Å². The molecule has 2 rings (SSSR count). The summed E-state index contributed by atoms with van der Waals surface area (Å²) < 4.78 is 2.08. The summed E-state index contributed by atoms with van der Waals surface area (Å²) in [6.45, 7) is 7.43. The van der Waals surface area contributed by atoms with Crippen molar-refractivity contribution < 1.29 is 0 Å². The van der Waals surface area contributed by atoms with Gasteiger partial charge in [-0.15, -0.1) is 0 Å². The standard InChI is InChI=1S/C15H27ClN4/c1-5-8-17-14(15(2)6-7-15)13-12(16)11-18-20(13)10-9-19(3)4/h11,14,17H,5-10H2,1-4H3. The van der Waals surface area contributed by atoms with Crippen LogP contribution in [0.1, 0.15) is 44.8 Å². The summed E-state index contributed by atoms with van der Waals surface area (Å²) in [6, 6.07) is 0.319. The Bertz CT molecular complexity index is 437. The molecule has 4 nitrogen and oxygen atoms in total. The van der Waals surface area contributed by atoms with Crippen LogP contribution in [0.3, 0.4) is 0 Å². The van der Waals surface area contributed by atoms with Gasteiger partial charge in [0.1, 0.15) is 0 Å². The average Bonchev–Trinajstić information content (AvgIpc) is 3.03. The number of halogens is 1. The first-order chi connectivity index (χ1) is 9.48. The second-order valence-corrected chi connectivity index (χ2v) is 6.85. The molecule has 1 heterocycles. The topological polar surface area (TPSA) is 33.1 Å². The fraction of sp³-hybridized carbons (Fsp3) is 0.800. The lowest BCUT2D eigenvalue weighted by Crippen LogP contribution is -2.32. The smallest absolute Gasteiger partial charge is 0.0834 e. The van der Waals surface area contributed by atoms with Crippen LogP contribution in [-0.4, -0.2) is 41.9 Å². The molecule has 1 unspecified atom stereocenters. The van der Waals surface area contributed by atoms with Crippen LogP contribution in [-0.2, 0) is 6.54 Å². The van der Waals surface area contributed by atoms with Crippen LogP contribution < -0.4 is 5.32 Å². The Morgan fingerprint density at radius 1 is 1.50 bits per heavy atom. The fourth-order valence-electron chi connectivity index (χ4n) is 2.58. The van der Waals surface area contributed by atoms with Gasteiger partial charge < -0.3 is 10.2 Å². The van der Waals surface area contributed by atoms with Crippen molar-refractivity contribution >= 4 is 11.6 Å². The molecule has 1 aromatic heterocycles. The molecule has 1 atom stereocenters. The van der Waals surface area contributed by atoms with Gasteiger partial charge in [-0.2, -0.15) is 5.10 Å². The summed E-state index contributed by atoms with van der Waals surface area (Å²) in [5.41, 5.74) is 1.51. The van der Waals surface area contributed by atoms with Crippen molar-refractivity contribution in [1.82, 2.24) is 20.0 Å². The molecule has 1 aliphatic rings. The van der Waals surface area contributed by atoms with Crippen LogP contribution in [0.5, 0.6) is 0 Å². The minimum atomic E-state index is 0.319. The van der Waals surface area contributed by atoms with E-state index in [4.69, 9.17) is 11.6 Å². The highest BCUT2D eigenvalue weighted by Gasteiger charge is 2.47. The molecule has 5 heteroatoms. The lowest BCUT2D eigenvalue weighted by Gasteiger charge is -2.26. The molecule has 114 valence electrons. The van der Waals surface area contributed by atoms with Gasteiger partial charge in [-0.1, -0.05) is 25.4 Å². The van der Waals surface area contributed by atoms with Crippen LogP contribution in [0.4, 0.5) is 0 Å². The highest BCUT2D eigenvalue weighted by atomic mass is 35.5. The van der Waals surface area contributed by atoms with E-state index in [9.17, 15) is 0 Å². The van der Waals surface area contributed by atoms with E-state index in [1.54, 1.807) is 6.20 Å². The molecule has 0 spiro atoms. The summed E-state index contributed by atoms with van der Waals surface area (Å²) in [4.78, 5) is 2.17. The summed E-state index contributed by atoms with van der Waals surface area (Å²) in [5, 5.41) is 8.96. The Kier molecular flexibility index (Phi) is 5.10. The first-order valence-corrected chi connectivity index (χ1v) is 7.95. The highest BCUT2D eigenvalue weighted by Crippen LogP contribution is 2.55. The molecule has 1 N–H and O–H groups in total. The van der Waals surface area contributed by atoms with E-state index < -0.39 is 0 Å². The van der Waals surface area contributed by atoms with Gasteiger partial charge in [-0.05, 0) is 45.3 Å². The number of nitrogens with zero attached hydrogens (tertiary/aromatic N) is 3. The molecular formula is C15H27ClN4. The number of likely N-dealkylation sites (N-methyl/N-ethyl adjacent to an activating group) is 1. The molecule has 1 saturated carbocycles. The zero-order chi connectivity index (χ0) is 14.8. The third-order valence-electron chi connectivity index (χ3n) is 4.20. The number of hydrogen-bond donors (Lipinski definition) is 1. The molecule has 0 radical (unpaired) electrons. The maximum absolute atomic E-state index is 6.43. The molecule has 20 heavy (non-hydrogen) atoms. The van der Waals surface area contributed by atoms with Crippen molar-refractivity contribution in [1.29, 1.82) is 0 Å². The first-order valence-electron chi connectivity index (χ1n) is 7.57. The summed E-state index contributed by atoms with van der Waals surface area (Å²) in [7, 11) is 4.17. The third kappa shape index (κ3) is 3.54. The monoisotopic (exact) mass is 298 g/mol. The predicted molar refractivity (Wildman–Crippen MR) is 84.2 cm³/mol. The minimum absolute atomic E-state index is 0.319. The van der Waals surface area contributed by atoms with E-state index in [1.807, 2.05) is 0 Å². The van der Waals surface area contributed by atoms with Crippen molar-refractivity contribution in [3.63, 3.8) is 0 Å². The molecule has 0 amide bonds. The molecule has 0 aliphatic heterocycles. The van der Waals surface area contributed by atoms with Crippen molar-refractivity contribution in [3.05, 3.63) is 16.9 Å². The average molecular weight is 299 g/mol. The van der Waals surface area contributed by atoms with Gasteiger partial charge in [0.25, 0.3) is 0 Å². The number of nitrogens with one attached hydrogen (secondary N) is 1. The van der Waals surface area contributed by atoms with Gasteiger partial charge in [0.2, 0.25) is 0 Å². The maximum atomic E-state index is 6.43. The Balaban J connectivity index is 2.20. The normalized spacial score (nSPS) is 18.5. The predicted octanol–water partition coefficient (Wildman–Crippen LogP) is 2.94. The largest absolute Gasteiger partial charge is 0.308 e. The van der Waals surface area contributed by atoms with Crippen LogP contribution in [0, 0.1) is 5.41 Å². The summed E-state index contributed by atoms with van der Waals surface area (Å²) in [5.74, 6) is 0. The third-order valence-corrected chi connectivity index (χ3v) is 4.49. The molecule has 0 aromatic carbocycles. The lowest BCUT2D eigenvalue weighted by atomic mass is 9.95. The van der Waals surface area contributed by atoms with E-state index in [0.29, 0.717) is 11.5 Å². The molecule has 0 bridgehead atoms. The molecule has 1 aliphatic carbocycles. The lowest BCUT2D eigenvalue weighted by molar-refractivity contribution is 0.324. The molecule has 1 aromatic rings. The zero-order valence-electron chi connectivity index (χ0n) is 13.1. The second kappa shape index (κ2) is 6.46. The highest BCUT2D eigenvalue weighted by molar-refractivity contribution is 6.31. The minimum Gasteiger partial charge on any atom is -0.308 e. The van der Waals surface area contributed by atoms with Crippen molar-refractivity contribution in [2.24, 2.45) is 5.41 Å². The van der Waals surface area contributed by atoms with Crippen LogP contribution in [0.2, 0.25) is 5.02 Å². The Labute approximate surface area is 127 Å². The first kappa shape index (κ1) is 15.8. The van der Waals surface area contributed by atoms with Crippen molar-refractivity contribution in [2.75, 3.05) is 27.2 Å². The molecular weight excluding hydrogens is 272 g/mol. The summed E-state index contributed by atoms with van der Waals surface area (Å²) in [6.07, 6.45) is 5.46. The fourth-order valence-corrected chi connectivity index (χ4v) is 2.83. The van der Waals surface area contributed by atoms with Crippen LogP contribution in [0.25, 0.3) is 0 Å². The number of hydrogen-bond acceptors (Lipinski definition) is 3. The Morgan fingerprint density at radius 3 is 2.75 bits per heavy atom. The van der Waals surface area contributed by atoms with E-state index >= 15 is 0 Å². The van der Waals surface area contributed by atoms with Crippen LogP contribution >= 0.6 is 11.6 Å². The van der Waals surface area contributed by atoms with Gasteiger partial charge in [0.15, 0.2) is 0 Å². The summed E-state index contributed by atoms with van der Waals surface area (Å²) >= 11 is 6.43. The SMILES string of the molecule is CCCNC(c1c(Cl)cnn1CCN(C)C)C1(C)CC1. The van der Waals surface area contributed by atoms with Gasteiger partial charge in [0, 0.05) is 6.54 Å². The van der Waals surface area contributed by atoms with E-state index in [1.165, 1.54) is 18.5 Å². The van der Waals surface area contributed by atoms with Crippen molar-refractivity contribution in [2.45, 2.75) is 45.7 Å². The van der Waals surface area contributed by atoms with E-state index in [0.717, 1.165) is 31.1 Å². The van der Waals surface area contributed by atoms with Crippen LogP contribution in [0.15, 0.2) is 6.20 Å². The Morgan fingerprint density at radius 2 is 2.20 bits per heavy atom. The zero-order valence-corrected chi connectivity index (χ0v) is 13.9. The van der Waals surface area contributed by atoms with Gasteiger partial charge in [-0.3, -0.25) is 4.68 Å². The number of rotatable bonds is 8. The molecule has 0 saturated heterocycles. The molecule has 1 fully saturated rings. The van der Waals surface area contributed by atoms with Crippen molar-refractivity contribution in [3.8, 4) is 0 Å². The second-order valence-electron chi connectivity index (χ2n) is 6.45. The van der Waals surface area contributed by atoms with E-state index in [2.05, 4.69) is 47.9 Å². The van der Waals surface area contributed by atoms with Gasteiger partial charge >= 0.3 is 0 Å². The Hall–Kier alpha value is -0.580. The number of aromatic nitrogens is 2.